The number of carbonyl (C=O) groups is 1. The lowest BCUT2D eigenvalue weighted by atomic mass is 9.98. The van der Waals surface area contributed by atoms with Gasteiger partial charge in [0.2, 0.25) is 6.10 Å². The molecule has 0 aliphatic carbocycles. The average Bonchev–Trinajstić information content (AvgIpc) is 2.61. The van der Waals surface area contributed by atoms with Gasteiger partial charge in [-0.3, -0.25) is 4.98 Å². The number of nitrogens with zero attached hydrogens (tertiary/aromatic N) is 1. The van der Waals surface area contributed by atoms with E-state index in [4.69, 9.17) is 26.2 Å². The molecule has 1 aliphatic heterocycles. The van der Waals surface area contributed by atoms with Gasteiger partial charge in [0, 0.05) is 22.7 Å². The topological polar surface area (TPSA) is 68.7 Å². The zero-order chi connectivity index (χ0) is 19.8. The molecule has 9 heteroatoms. The summed E-state index contributed by atoms with van der Waals surface area (Å²) in [5.74, 6) is -1.22. The first-order valence-corrected chi connectivity index (χ1v) is 8.06. The molecule has 5 nitrogen and oxygen atoms in total. The Labute approximate surface area is 157 Å². The molecule has 0 spiro atoms. The zero-order valence-corrected chi connectivity index (χ0v) is 14.6. The molecule has 0 bridgehead atoms. The Kier molecular flexibility index (Phi) is 5.01. The third-order valence-electron chi connectivity index (χ3n) is 3.97. The van der Waals surface area contributed by atoms with Gasteiger partial charge >= 0.3 is 12.1 Å². The number of aliphatic carboxylic acids is 1. The molecule has 1 aromatic carbocycles. The molecular weight excluding hydrogens is 387 g/mol. The number of hydrogen-bond acceptors (Lipinski definition) is 4. The summed E-state index contributed by atoms with van der Waals surface area (Å²) in [6, 6.07) is 6.16. The van der Waals surface area contributed by atoms with Crippen molar-refractivity contribution in [3.05, 3.63) is 57.9 Å². The number of alkyl halides is 3. The Morgan fingerprint density at radius 2 is 2.11 bits per heavy atom. The molecule has 1 unspecified atom stereocenters. The number of hydrogen-bond donors (Lipinski definition) is 1. The highest BCUT2D eigenvalue weighted by Gasteiger charge is 2.48. The van der Waals surface area contributed by atoms with Crippen LogP contribution in [0.15, 0.2) is 36.0 Å². The van der Waals surface area contributed by atoms with E-state index in [2.05, 4.69) is 4.98 Å². The largest absolute Gasteiger partial charge is 0.495 e. The minimum absolute atomic E-state index is 0.0877. The van der Waals surface area contributed by atoms with Crippen LogP contribution in [-0.4, -0.2) is 35.4 Å². The van der Waals surface area contributed by atoms with E-state index >= 15 is 0 Å². The molecule has 27 heavy (non-hydrogen) atoms. The molecule has 142 valence electrons. The number of pyridine rings is 1. The molecule has 0 amide bonds. The normalized spacial score (nSPS) is 16.2. The Bertz CT molecular complexity index is 910. The van der Waals surface area contributed by atoms with Crippen LogP contribution in [-0.2, 0) is 11.2 Å². The molecular formula is C18H13ClF3NO4. The van der Waals surface area contributed by atoms with E-state index in [1.807, 2.05) is 0 Å². The average molecular weight is 400 g/mol. The molecule has 0 saturated carbocycles. The number of aromatic nitrogens is 1. The highest BCUT2D eigenvalue weighted by molar-refractivity contribution is 6.31. The van der Waals surface area contributed by atoms with E-state index in [-0.39, 0.29) is 22.8 Å². The third-order valence-corrected chi connectivity index (χ3v) is 4.32. The van der Waals surface area contributed by atoms with Gasteiger partial charge in [0.25, 0.3) is 0 Å². The minimum atomic E-state index is -4.86. The summed E-state index contributed by atoms with van der Waals surface area (Å²) in [6.45, 7) is 0. The lowest BCUT2D eigenvalue weighted by molar-refractivity contribution is -0.187. The van der Waals surface area contributed by atoms with Crippen LogP contribution >= 0.6 is 11.6 Å². The fraction of sp³-hybridized carbons (Fsp3) is 0.222. The first kappa shape index (κ1) is 19.0. The number of benzene rings is 1. The van der Waals surface area contributed by atoms with E-state index in [0.29, 0.717) is 17.0 Å². The molecule has 1 aromatic heterocycles. The van der Waals surface area contributed by atoms with Gasteiger partial charge in [-0.05, 0) is 35.9 Å². The first-order valence-electron chi connectivity index (χ1n) is 7.68. The lowest BCUT2D eigenvalue weighted by Gasteiger charge is -2.27. The summed E-state index contributed by atoms with van der Waals surface area (Å²) in [5, 5.41) is 9.32. The maximum atomic E-state index is 13.2. The Morgan fingerprint density at radius 1 is 1.37 bits per heavy atom. The molecule has 0 radical (unpaired) electrons. The summed E-state index contributed by atoms with van der Waals surface area (Å²) in [6.07, 6.45) is -4.71. The standard InChI is InChI=1S/C18H13ClF3NO4/c1-26-12-3-2-11(23-8-12)4-9-7-15-10(6-14(9)19)5-13(17(24)25)16(27-15)18(20,21)22/h2-3,5-8,16H,4H2,1H3,(H,24,25). The predicted octanol–water partition coefficient (Wildman–Crippen LogP) is 4.13. The maximum Gasteiger partial charge on any atom is 0.430 e. The van der Waals surface area contributed by atoms with E-state index in [9.17, 15) is 18.0 Å². The van der Waals surface area contributed by atoms with Gasteiger partial charge in [-0.1, -0.05) is 11.6 Å². The number of rotatable bonds is 4. The molecule has 2 aromatic rings. The molecule has 0 fully saturated rings. The highest BCUT2D eigenvalue weighted by Crippen LogP contribution is 2.39. The minimum Gasteiger partial charge on any atom is -0.495 e. The maximum absolute atomic E-state index is 13.2. The quantitative estimate of drug-likeness (QED) is 0.837. The predicted molar refractivity (Wildman–Crippen MR) is 91.1 cm³/mol. The molecule has 1 N–H and O–H groups in total. The number of carboxylic acid groups (broad SMARTS) is 1. The van der Waals surface area contributed by atoms with Crippen molar-refractivity contribution in [1.29, 1.82) is 0 Å². The van der Waals surface area contributed by atoms with Crippen molar-refractivity contribution in [2.45, 2.75) is 18.7 Å². The molecule has 3 rings (SSSR count). The summed E-state index contributed by atoms with van der Waals surface area (Å²) < 4.78 is 49.5. The van der Waals surface area contributed by atoms with E-state index in [1.54, 1.807) is 12.1 Å². The number of fused-ring (bicyclic) bond motifs is 1. The lowest BCUT2D eigenvalue weighted by Crippen LogP contribution is -2.40. The summed E-state index contributed by atoms with van der Waals surface area (Å²) in [4.78, 5) is 15.4. The van der Waals surface area contributed by atoms with Crippen molar-refractivity contribution in [3.8, 4) is 11.5 Å². The van der Waals surface area contributed by atoms with Crippen LogP contribution < -0.4 is 9.47 Å². The monoisotopic (exact) mass is 399 g/mol. The van der Waals surface area contributed by atoms with Crippen molar-refractivity contribution >= 4 is 23.6 Å². The van der Waals surface area contributed by atoms with Crippen LogP contribution in [0.5, 0.6) is 11.5 Å². The highest BCUT2D eigenvalue weighted by atomic mass is 35.5. The van der Waals surface area contributed by atoms with Crippen LogP contribution in [0.3, 0.4) is 0 Å². The van der Waals surface area contributed by atoms with Crippen molar-refractivity contribution in [2.24, 2.45) is 0 Å². The molecule has 1 atom stereocenters. The van der Waals surface area contributed by atoms with Gasteiger partial charge in [-0.15, -0.1) is 0 Å². The van der Waals surface area contributed by atoms with Crippen molar-refractivity contribution < 1.29 is 32.5 Å². The Morgan fingerprint density at radius 3 is 2.67 bits per heavy atom. The summed E-state index contributed by atoms with van der Waals surface area (Å²) in [5.41, 5.74) is 0.406. The first-order chi connectivity index (χ1) is 12.7. The summed E-state index contributed by atoms with van der Waals surface area (Å²) >= 11 is 6.22. The van der Waals surface area contributed by atoms with Crippen molar-refractivity contribution in [1.82, 2.24) is 4.98 Å². The van der Waals surface area contributed by atoms with Gasteiger partial charge in [0.05, 0.1) is 18.9 Å². The van der Waals surface area contributed by atoms with Crippen LogP contribution in [0.4, 0.5) is 13.2 Å². The summed E-state index contributed by atoms with van der Waals surface area (Å²) in [7, 11) is 1.50. The van der Waals surface area contributed by atoms with E-state index in [1.165, 1.54) is 25.4 Å². The van der Waals surface area contributed by atoms with Crippen LogP contribution in [0.2, 0.25) is 5.02 Å². The van der Waals surface area contributed by atoms with E-state index < -0.39 is 23.8 Å². The van der Waals surface area contributed by atoms with Crippen LogP contribution in [0.1, 0.15) is 16.8 Å². The van der Waals surface area contributed by atoms with Gasteiger partial charge in [0.15, 0.2) is 0 Å². The zero-order valence-electron chi connectivity index (χ0n) is 13.9. The molecule has 1 aliphatic rings. The fourth-order valence-corrected chi connectivity index (χ4v) is 2.88. The SMILES string of the molecule is COc1ccc(Cc2cc3c(cc2Cl)C=C(C(=O)O)C(C(F)(F)F)O3)nc1. The number of methoxy groups -OCH3 is 1. The second kappa shape index (κ2) is 7.11. The number of carboxylic acids is 1. The third kappa shape index (κ3) is 4.00. The van der Waals surface area contributed by atoms with Gasteiger partial charge < -0.3 is 14.6 Å². The molecule has 2 heterocycles. The molecule has 0 saturated heterocycles. The van der Waals surface area contributed by atoms with Crippen LogP contribution in [0, 0.1) is 0 Å². The van der Waals surface area contributed by atoms with Gasteiger partial charge in [-0.2, -0.15) is 13.2 Å². The smallest absolute Gasteiger partial charge is 0.430 e. The number of ether oxygens (including phenoxy) is 2. The fourth-order valence-electron chi connectivity index (χ4n) is 2.64. The van der Waals surface area contributed by atoms with Crippen molar-refractivity contribution in [3.63, 3.8) is 0 Å². The Balaban J connectivity index is 1.97. The van der Waals surface area contributed by atoms with Crippen LogP contribution in [0.25, 0.3) is 6.08 Å². The number of halogens is 4. The second-order valence-electron chi connectivity index (χ2n) is 5.79. The van der Waals surface area contributed by atoms with Crippen molar-refractivity contribution in [2.75, 3.05) is 7.11 Å². The van der Waals surface area contributed by atoms with Gasteiger partial charge in [0.1, 0.15) is 11.5 Å². The second-order valence-corrected chi connectivity index (χ2v) is 6.20. The van der Waals surface area contributed by atoms with Gasteiger partial charge in [-0.25, -0.2) is 4.79 Å². The van der Waals surface area contributed by atoms with E-state index in [0.717, 1.165) is 6.08 Å². The Hall–Kier alpha value is -2.74.